The highest BCUT2D eigenvalue weighted by Crippen LogP contribution is 2.27. The summed E-state index contributed by atoms with van der Waals surface area (Å²) in [5.74, 6) is 1.40. The Hall–Kier alpha value is -1.66. The molecule has 5 nitrogen and oxygen atoms in total. The van der Waals surface area contributed by atoms with E-state index in [9.17, 15) is 4.79 Å². The Labute approximate surface area is 163 Å². The number of benzene rings is 1. The molecule has 0 aliphatic carbocycles. The van der Waals surface area contributed by atoms with E-state index in [1.807, 2.05) is 24.3 Å². The smallest absolute Gasteiger partial charge is 0.225 e. The van der Waals surface area contributed by atoms with Gasteiger partial charge in [0.1, 0.15) is 5.82 Å². The molecule has 0 bridgehead atoms. The van der Waals surface area contributed by atoms with Gasteiger partial charge in [0.25, 0.3) is 0 Å². The van der Waals surface area contributed by atoms with Crippen LogP contribution in [-0.4, -0.2) is 46.3 Å². The summed E-state index contributed by atoms with van der Waals surface area (Å²) in [5.41, 5.74) is 1.16. The van der Waals surface area contributed by atoms with Crippen LogP contribution in [0.3, 0.4) is 0 Å². The fourth-order valence-corrected chi connectivity index (χ4v) is 4.61. The first kappa shape index (κ1) is 17.7. The van der Waals surface area contributed by atoms with Gasteiger partial charge in [-0.1, -0.05) is 23.7 Å². The predicted molar refractivity (Wildman–Crippen MR) is 105 cm³/mol. The number of aromatic nitrogens is 2. The van der Waals surface area contributed by atoms with Crippen LogP contribution < -0.4 is 4.90 Å². The number of carbonyl (C=O) groups is 1. The Morgan fingerprint density at radius 1 is 1.12 bits per heavy atom. The van der Waals surface area contributed by atoms with Gasteiger partial charge in [0.05, 0.1) is 0 Å². The van der Waals surface area contributed by atoms with Crippen LogP contribution >= 0.6 is 23.1 Å². The SMILES string of the molecule is O=C(C1CCN(c2nc(Cc3ccc(Cl)cc3)ns2)CC1)N1CCCC1. The maximum absolute atomic E-state index is 12.5. The lowest BCUT2D eigenvalue weighted by atomic mass is 9.95. The summed E-state index contributed by atoms with van der Waals surface area (Å²) < 4.78 is 4.51. The van der Waals surface area contributed by atoms with E-state index in [1.165, 1.54) is 11.5 Å². The molecule has 0 saturated carbocycles. The molecule has 3 heterocycles. The maximum atomic E-state index is 12.5. The predicted octanol–water partition coefficient (Wildman–Crippen LogP) is 3.62. The molecular formula is C19H23ClN4OS. The van der Waals surface area contributed by atoms with E-state index in [-0.39, 0.29) is 5.92 Å². The van der Waals surface area contributed by atoms with Crippen molar-refractivity contribution in [3.63, 3.8) is 0 Å². The Balaban J connectivity index is 1.32. The number of nitrogens with zero attached hydrogens (tertiary/aromatic N) is 4. The highest BCUT2D eigenvalue weighted by molar-refractivity contribution is 7.09. The monoisotopic (exact) mass is 390 g/mol. The molecule has 2 aliphatic rings. The number of likely N-dealkylation sites (tertiary alicyclic amines) is 1. The van der Waals surface area contributed by atoms with Gasteiger partial charge in [0.15, 0.2) is 0 Å². The van der Waals surface area contributed by atoms with Crippen LogP contribution in [0, 0.1) is 5.92 Å². The van der Waals surface area contributed by atoms with E-state index in [0.717, 1.165) is 79.8 Å². The van der Waals surface area contributed by atoms with Crippen molar-refractivity contribution in [2.24, 2.45) is 5.92 Å². The third-order valence-corrected chi connectivity index (χ3v) is 6.33. The van der Waals surface area contributed by atoms with Crippen LogP contribution in [0.25, 0.3) is 0 Å². The zero-order valence-electron chi connectivity index (χ0n) is 14.7. The van der Waals surface area contributed by atoms with E-state index < -0.39 is 0 Å². The number of rotatable bonds is 4. The minimum Gasteiger partial charge on any atom is -0.347 e. The average Bonchev–Trinajstić information content (AvgIpc) is 3.35. The maximum Gasteiger partial charge on any atom is 0.225 e. The van der Waals surface area contributed by atoms with Crippen molar-refractivity contribution in [2.75, 3.05) is 31.1 Å². The van der Waals surface area contributed by atoms with E-state index in [2.05, 4.69) is 14.2 Å². The summed E-state index contributed by atoms with van der Waals surface area (Å²) in [6.45, 7) is 3.67. The molecule has 0 radical (unpaired) electrons. The third kappa shape index (κ3) is 4.01. The van der Waals surface area contributed by atoms with Gasteiger partial charge in [-0.2, -0.15) is 4.37 Å². The summed E-state index contributed by atoms with van der Waals surface area (Å²) in [6.07, 6.45) is 4.87. The number of anilines is 1. The molecule has 4 rings (SSSR count). The zero-order valence-corrected chi connectivity index (χ0v) is 16.3. The topological polar surface area (TPSA) is 49.3 Å². The minimum atomic E-state index is 0.186. The fraction of sp³-hybridized carbons (Fsp3) is 0.526. The highest BCUT2D eigenvalue weighted by atomic mass is 35.5. The molecule has 0 N–H and O–H groups in total. The van der Waals surface area contributed by atoms with E-state index in [1.54, 1.807) is 0 Å². The molecular weight excluding hydrogens is 368 g/mol. The molecule has 138 valence electrons. The second kappa shape index (κ2) is 7.92. The second-order valence-electron chi connectivity index (χ2n) is 7.09. The van der Waals surface area contributed by atoms with Crippen LogP contribution in [0.4, 0.5) is 5.13 Å². The third-order valence-electron chi connectivity index (χ3n) is 5.27. The fourth-order valence-electron chi connectivity index (χ4n) is 3.74. The average molecular weight is 391 g/mol. The number of hydrogen-bond acceptors (Lipinski definition) is 5. The first-order chi connectivity index (χ1) is 12.7. The van der Waals surface area contributed by atoms with Gasteiger partial charge in [-0.25, -0.2) is 4.98 Å². The second-order valence-corrected chi connectivity index (χ2v) is 8.26. The summed E-state index contributed by atoms with van der Waals surface area (Å²) >= 11 is 7.39. The van der Waals surface area contributed by atoms with Crippen LogP contribution in [-0.2, 0) is 11.2 Å². The van der Waals surface area contributed by atoms with Gasteiger partial charge >= 0.3 is 0 Å². The molecule has 1 aromatic carbocycles. The number of amides is 1. The van der Waals surface area contributed by atoms with Crippen LogP contribution in [0.5, 0.6) is 0 Å². The summed E-state index contributed by atoms with van der Waals surface area (Å²) in [4.78, 5) is 21.6. The van der Waals surface area contributed by atoms with E-state index >= 15 is 0 Å². The van der Waals surface area contributed by atoms with Crippen molar-refractivity contribution in [1.29, 1.82) is 0 Å². The largest absolute Gasteiger partial charge is 0.347 e. The molecule has 0 spiro atoms. The number of piperidine rings is 1. The molecule has 26 heavy (non-hydrogen) atoms. The Bertz CT molecular complexity index is 749. The molecule has 0 unspecified atom stereocenters. The first-order valence-corrected chi connectivity index (χ1v) is 10.4. The van der Waals surface area contributed by atoms with Gasteiger partial charge in [-0.15, -0.1) is 0 Å². The first-order valence-electron chi connectivity index (χ1n) is 9.30. The van der Waals surface area contributed by atoms with Crippen molar-refractivity contribution in [3.05, 3.63) is 40.7 Å². The lowest BCUT2D eigenvalue weighted by molar-refractivity contribution is -0.135. The van der Waals surface area contributed by atoms with Gasteiger partial charge < -0.3 is 9.80 Å². The quantitative estimate of drug-likeness (QED) is 0.800. The lowest BCUT2D eigenvalue weighted by Crippen LogP contribution is -2.41. The Morgan fingerprint density at radius 3 is 2.50 bits per heavy atom. The highest BCUT2D eigenvalue weighted by Gasteiger charge is 2.30. The van der Waals surface area contributed by atoms with Crippen LogP contribution in [0.15, 0.2) is 24.3 Å². The van der Waals surface area contributed by atoms with Crippen molar-refractivity contribution < 1.29 is 4.79 Å². The van der Waals surface area contributed by atoms with Gasteiger partial charge in [0.2, 0.25) is 11.0 Å². The molecule has 2 aliphatic heterocycles. The lowest BCUT2D eigenvalue weighted by Gasteiger charge is -2.32. The molecule has 2 fully saturated rings. The van der Waals surface area contributed by atoms with E-state index in [0.29, 0.717) is 5.91 Å². The zero-order chi connectivity index (χ0) is 17.9. The molecule has 1 aromatic heterocycles. The summed E-state index contributed by atoms with van der Waals surface area (Å²) in [6, 6.07) is 7.82. The summed E-state index contributed by atoms with van der Waals surface area (Å²) in [7, 11) is 0. The number of halogens is 1. The molecule has 2 saturated heterocycles. The van der Waals surface area contributed by atoms with Crippen molar-refractivity contribution in [1.82, 2.24) is 14.3 Å². The Morgan fingerprint density at radius 2 is 1.81 bits per heavy atom. The van der Waals surface area contributed by atoms with Crippen LogP contribution in [0.1, 0.15) is 37.1 Å². The number of hydrogen-bond donors (Lipinski definition) is 0. The van der Waals surface area contributed by atoms with Crippen molar-refractivity contribution in [3.8, 4) is 0 Å². The molecule has 0 atom stereocenters. The molecule has 1 amide bonds. The minimum absolute atomic E-state index is 0.186. The molecule has 7 heteroatoms. The van der Waals surface area contributed by atoms with Gasteiger partial charge in [-0.3, -0.25) is 4.79 Å². The molecule has 2 aromatic rings. The van der Waals surface area contributed by atoms with Crippen molar-refractivity contribution >= 4 is 34.2 Å². The van der Waals surface area contributed by atoms with Gasteiger partial charge in [0, 0.05) is 55.1 Å². The van der Waals surface area contributed by atoms with Crippen molar-refractivity contribution in [2.45, 2.75) is 32.1 Å². The van der Waals surface area contributed by atoms with Crippen LogP contribution in [0.2, 0.25) is 5.02 Å². The standard InChI is InChI=1S/C19H23ClN4OS/c20-16-5-3-14(4-6-16)13-17-21-19(26-22-17)24-11-7-15(8-12-24)18(25)23-9-1-2-10-23/h3-6,15H,1-2,7-13H2. The normalized spacial score (nSPS) is 18.5. The number of carbonyl (C=O) groups excluding carboxylic acids is 1. The van der Waals surface area contributed by atoms with Gasteiger partial charge in [-0.05, 0) is 43.4 Å². The summed E-state index contributed by atoms with van der Waals surface area (Å²) in [5, 5.41) is 1.72. The Kier molecular flexibility index (Phi) is 5.41. The van der Waals surface area contributed by atoms with E-state index in [4.69, 9.17) is 16.6 Å².